The normalized spacial score (nSPS) is 16.5. The predicted molar refractivity (Wildman–Crippen MR) is 103 cm³/mol. The van der Waals surface area contributed by atoms with E-state index >= 15 is 0 Å². The predicted octanol–water partition coefficient (Wildman–Crippen LogP) is 2.77. The number of nitro groups is 1. The number of hydrogen-bond acceptors (Lipinski definition) is 5. The zero-order chi connectivity index (χ0) is 20.7. The third-order valence-corrected chi connectivity index (χ3v) is 5.32. The number of nitro benzene ring substituents is 1. The lowest BCUT2D eigenvalue weighted by molar-refractivity contribution is -0.385. The molecule has 1 aliphatic heterocycles. The molecule has 1 heterocycles. The van der Waals surface area contributed by atoms with Crippen molar-refractivity contribution in [1.29, 1.82) is 0 Å². The van der Waals surface area contributed by atoms with Gasteiger partial charge in [0, 0.05) is 6.07 Å². The van der Waals surface area contributed by atoms with E-state index in [1.54, 1.807) is 0 Å². The van der Waals surface area contributed by atoms with Crippen LogP contribution >= 0.6 is 0 Å². The van der Waals surface area contributed by atoms with Crippen LogP contribution in [0.25, 0.3) is 0 Å². The van der Waals surface area contributed by atoms with E-state index in [2.05, 4.69) is 5.32 Å². The fourth-order valence-electron chi connectivity index (χ4n) is 3.65. The van der Waals surface area contributed by atoms with Crippen molar-refractivity contribution in [3.63, 3.8) is 0 Å². The summed E-state index contributed by atoms with van der Waals surface area (Å²) >= 11 is 0. The number of carbonyl (C=O) groups excluding carboxylic acids is 3. The molecule has 2 aliphatic rings. The quantitative estimate of drug-likeness (QED) is 0.461. The van der Waals surface area contributed by atoms with Gasteiger partial charge in [-0.3, -0.25) is 29.4 Å². The van der Waals surface area contributed by atoms with Crippen LogP contribution in [0.4, 0.5) is 5.69 Å². The van der Waals surface area contributed by atoms with E-state index in [1.165, 1.54) is 18.2 Å². The van der Waals surface area contributed by atoms with Gasteiger partial charge in [0.1, 0.15) is 12.1 Å². The fourth-order valence-corrected chi connectivity index (χ4v) is 3.65. The first-order valence-electron chi connectivity index (χ1n) is 9.36. The number of nitrogens with zero attached hydrogens (tertiary/aromatic N) is 2. The Kier molecular flexibility index (Phi) is 4.62. The molecular formula is C21H19N3O5. The first kappa shape index (κ1) is 18.8. The Morgan fingerprint density at radius 2 is 1.86 bits per heavy atom. The standard InChI is InChI=1S/C21H19N3O5/c1-12-5-7-13(8-6-12)19(14-9-10-14)22-17(25)11-23-20(26)15-3-2-4-16(24(28)29)18(15)21(23)27/h2-8,14,19H,9-11H2,1H3,(H,22,25). The van der Waals surface area contributed by atoms with Gasteiger partial charge >= 0.3 is 0 Å². The van der Waals surface area contributed by atoms with Crippen molar-refractivity contribution in [3.8, 4) is 0 Å². The zero-order valence-corrected chi connectivity index (χ0v) is 15.8. The summed E-state index contributed by atoms with van der Waals surface area (Å²) in [5, 5.41) is 14.1. The summed E-state index contributed by atoms with van der Waals surface area (Å²) in [7, 11) is 0. The highest BCUT2D eigenvalue weighted by atomic mass is 16.6. The van der Waals surface area contributed by atoms with Crippen molar-refractivity contribution in [2.75, 3.05) is 6.54 Å². The van der Waals surface area contributed by atoms with Crippen LogP contribution in [0.15, 0.2) is 42.5 Å². The van der Waals surface area contributed by atoms with Crippen LogP contribution in [0.2, 0.25) is 0 Å². The Morgan fingerprint density at radius 3 is 2.48 bits per heavy atom. The number of carbonyl (C=O) groups is 3. The van der Waals surface area contributed by atoms with Crippen molar-refractivity contribution in [3.05, 3.63) is 74.8 Å². The molecule has 1 unspecified atom stereocenters. The van der Waals surface area contributed by atoms with Gasteiger partial charge in [0.25, 0.3) is 17.5 Å². The molecule has 0 spiro atoms. The fraction of sp³-hybridized carbons (Fsp3) is 0.286. The molecule has 29 heavy (non-hydrogen) atoms. The molecule has 148 valence electrons. The average molecular weight is 393 g/mol. The second-order valence-corrected chi connectivity index (χ2v) is 7.45. The van der Waals surface area contributed by atoms with Crippen LogP contribution in [0.3, 0.4) is 0 Å². The number of fused-ring (bicyclic) bond motifs is 1. The first-order chi connectivity index (χ1) is 13.9. The van der Waals surface area contributed by atoms with Crippen molar-refractivity contribution < 1.29 is 19.3 Å². The molecule has 0 saturated heterocycles. The molecule has 1 N–H and O–H groups in total. The van der Waals surface area contributed by atoms with Crippen molar-refractivity contribution in [2.24, 2.45) is 5.92 Å². The molecule has 2 aromatic rings. The summed E-state index contributed by atoms with van der Waals surface area (Å²) in [5.41, 5.74) is 1.35. The average Bonchev–Trinajstić information content (AvgIpc) is 3.51. The molecule has 1 fully saturated rings. The van der Waals surface area contributed by atoms with Crippen LogP contribution in [-0.2, 0) is 4.79 Å². The van der Waals surface area contributed by atoms with Gasteiger partial charge in [-0.15, -0.1) is 0 Å². The molecule has 2 aromatic carbocycles. The minimum atomic E-state index is -0.814. The lowest BCUT2D eigenvalue weighted by Gasteiger charge is -2.21. The molecule has 3 amide bonds. The van der Waals surface area contributed by atoms with Crippen LogP contribution < -0.4 is 5.32 Å². The number of amides is 3. The van der Waals surface area contributed by atoms with Gasteiger partial charge in [-0.2, -0.15) is 0 Å². The van der Waals surface area contributed by atoms with Crippen LogP contribution in [0.1, 0.15) is 50.7 Å². The molecule has 0 bridgehead atoms. The third-order valence-electron chi connectivity index (χ3n) is 5.32. The highest BCUT2D eigenvalue weighted by Gasteiger charge is 2.42. The van der Waals surface area contributed by atoms with Gasteiger partial charge < -0.3 is 5.32 Å². The van der Waals surface area contributed by atoms with Gasteiger partial charge in [0.15, 0.2) is 0 Å². The van der Waals surface area contributed by atoms with Gasteiger partial charge in [-0.1, -0.05) is 35.9 Å². The molecular weight excluding hydrogens is 374 g/mol. The molecule has 0 aromatic heterocycles. The van der Waals surface area contributed by atoms with E-state index in [0.29, 0.717) is 5.92 Å². The maximum Gasteiger partial charge on any atom is 0.282 e. The third kappa shape index (κ3) is 3.49. The highest BCUT2D eigenvalue weighted by molar-refractivity contribution is 6.24. The van der Waals surface area contributed by atoms with Gasteiger partial charge in [-0.05, 0) is 37.3 Å². The Bertz CT molecular complexity index is 1030. The van der Waals surface area contributed by atoms with Crippen LogP contribution in [0, 0.1) is 23.0 Å². The molecule has 0 radical (unpaired) electrons. The molecule has 1 atom stereocenters. The zero-order valence-electron chi connectivity index (χ0n) is 15.8. The van der Waals surface area contributed by atoms with E-state index in [4.69, 9.17) is 0 Å². The second-order valence-electron chi connectivity index (χ2n) is 7.45. The topological polar surface area (TPSA) is 110 Å². The van der Waals surface area contributed by atoms with E-state index in [-0.39, 0.29) is 17.2 Å². The van der Waals surface area contributed by atoms with Crippen molar-refractivity contribution in [2.45, 2.75) is 25.8 Å². The minimum absolute atomic E-state index is 0.0470. The first-order valence-corrected chi connectivity index (χ1v) is 9.36. The van der Waals surface area contributed by atoms with Crippen molar-refractivity contribution in [1.82, 2.24) is 10.2 Å². The molecule has 8 nitrogen and oxygen atoms in total. The summed E-state index contributed by atoms with van der Waals surface area (Å²) in [6.45, 7) is 1.51. The Balaban J connectivity index is 1.52. The number of hydrogen-bond donors (Lipinski definition) is 1. The number of nitrogens with one attached hydrogen (secondary N) is 1. The summed E-state index contributed by atoms with van der Waals surface area (Å²) in [5.74, 6) is -1.66. The number of aryl methyl sites for hydroxylation is 1. The highest BCUT2D eigenvalue weighted by Crippen LogP contribution is 2.41. The summed E-state index contributed by atoms with van der Waals surface area (Å²) < 4.78 is 0. The maximum absolute atomic E-state index is 12.7. The van der Waals surface area contributed by atoms with E-state index in [1.807, 2.05) is 31.2 Å². The molecule has 1 saturated carbocycles. The SMILES string of the molecule is Cc1ccc(C(NC(=O)CN2C(=O)c3cccc([N+](=O)[O-])c3C2=O)C2CC2)cc1. The Labute approximate surface area is 166 Å². The smallest absolute Gasteiger partial charge is 0.282 e. The van der Waals surface area contributed by atoms with Gasteiger partial charge in [0.2, 0.25) is 5.91 Å². The monoisotopic (exact) mass is 393 g/mol. The number of rotatable bonds is 6. The number of imide groups is 1. The minimum Gasteiger partial charge on any atom is -0.347 e. The molecule has 4 rings (SSSR count). The van der Waals surface area contributed by atoms with Crippen molar-refractivity contribution >= 4 is 23.4 Å². The Hall–Kier alpha value is -3.55. The van der Waals surface area contributed by atoms with E-state index < -0.39 is 34.9 Å². The maximum atomic E-state index is 12.7. The van der Waals surface area contributed by atoms with E-state index in [0.717, 1.165) is 28.9 Å². The summed E-state index contributed by atoms with van der Waals surface area (Å²) in [6.07, 6.45) is 2.00. The second kappa shape index (κ2) is 7.12. The lowest BCUT2D eigenvalue weighted by Crippen LogP contribution is -2.42. The Morgan fingerprint density at radius 1 is 1.17 bits per heavy atom. The van der Waals surface area contributed by atoms with Crippen LogP contribution in [0.5, 0.6) is 0 Å². The van der Waals surface area contributed by atoms with E-state index in [9.17, 15) is 24.5 Å². The summed E-state index contributed by atoms with van der Waals surface area (Å²) in [4.78, 5) is 49.1. The largest absolute Gasteiger partial charge is 0.347 e. The molecule has 1 aliphatic carbocycles. The lowest BCUT2D eigenvalue weighted by atomic mass is 10.0. The molecule has 8 heteroatoms. The van der Waals surface area contributed by atoms with Gasteiger partial charge in [-0.25, -0.2) is 0 Å². The van der Waals surface area contributed by atoms with Crippen LogP contribution in [-0.4, -0.2) is 34.1 Å². The summed E-state index contributed by atoms with van der Waals surface area (Å²) in [6, 6.07) is 11.6. The number of benzene rings is 2. The van der Waals surface area contributed by atoms with Gasteiger partial charge in [0.05, 0.1) is 16.5 Å².